The number of hydrogen-bond acceptors (Lipinski definition) is 7. The van der Waals surface area contributed by atoms with Crippen LogP contribution in [0.5, 0.6) is 11.5 Å². The summed E-state index contributed by atoms with van der Waals surface area (Å²) in [6.45, 7) is 9.86. The zero-order chi connectivity index (χ0) is 24.4. The minimum Gasteiger partial charge on any atom is -0.454 e. The van der Waals surface area contributed by atoms with Crippen LogP contribution in [0.1, 0.15) is 32.0 Å². The van der Waals surface area contributed by atoms with Gasteiger partial charge in [0.15, 0.2) is 17.3 Å². The Balaban J connectivity index is 1.41. The molecule has 3 aliphatic rings. The summed E-state index contributed by atoms with van der Waals surface area (Å²) in [5.74, 6) is 3.34. The first-order valence-electron chi connectivity index (χ1n) is 12.5. The van der Waals surface area contributed by atoms with Crippen molar-refractivity contribution in [2.45, 2.75) is 38.9 Å². The van der Waals surface area contributed by atoms with E-state index in [0.717, 1.165) is 64.1 Å². The van der Waals surface area contributed by atoms with Crippen LogP contribution in [0.25, 0.3) is 22.3 Å². The zero-order valence-electron chi connectivity index (χ0n) is 20.7. The molecule has 2 aromatic heterocycles. The van der Waals surface area contributed by atoms with E-state index in [1.54, 1.807) is 0 Å². The van der Waals surface area contributed by atoms with Gasteiger partial charge in [-0.3, -0.25) is 0 Å². The molecular weight excluding hydrogens is 454 g/mol. The average molecular weight is 484 g/mol. The van der Waals surface area contributed by atoms with E-state index >= 15 is 0 Å². The van der Waals surface area contributed by atoms with Gasteiger partial charge < -0.3 is 29.0 Å². The van der Waals surface area contributed by atoms with Gasteiger partial charge in [-0.1, -0.05) is 12.1 Å². The molecule has 1 N–H and O–H groups in total. The van der Waals surface area contributed by atoms with E-state index in [-0.39, 0.29) is 18.4 Å². The van der Waals surface area contributed by atoms with Gasteiger partial charge in [0.2, 0.25) is 6.79 Å². The number of nitrogens with one attached hydrogen (secondary N) is 1. The van der Waals surface area contributed by atoms with Crippen molar-refractivity contribution in [2.75, 3.05) is 36.4 Å². The largest absolute Gasteiger partial charge is 0.454 e. The van der Waals surface area contributed by atoms with Gasteiger partial charge in [0, 0.05) is 53.1 Å². The number of benzene rings is 2. The fourth-order valence-electron chi connectivity index (χ4n) is 5.75. The Bertz CT molecular complexity index is 1480. The molecule has 0 saturated carbocycles. The Kier molecular flexibility index (Phi) is 4.70. The zero-order valence-corrected chi connectivity index (χ0v) is 20.7. The lowest BCUT2D eigenvalue weighted by Crippen LogP contribution is -2.44. The highest BCUT2D eigenvalue weighted by Gasteiger charge is 2.43. The third-order valence-electron chi connectivity index (χ3n) is 7.70. The molecule has 36 heavy (non-hydrogen) atoms. The van der Waals surface area contributed by atoms with Crippen molar-refractivity contribution in [2.24, 2.45) is 0 Å². The first-order valence-corrected chi connectivity index (χ1v) is 12.5. The second-order valence-corrected chi connectivity index (χ2v) is 10.2. The maximum absolute atomic E-state index is 5.76. The molecule has 0 aliphatic carbocycles. The van der Waals surface area contributed by atoms with Gasteiger partial charge in [0.1, 0.15) is 5.82 Å². The standard InChI is InChI=1S/C28H29N5O3/c1-17-15-34-12-11-32(17)27-21-14-33(18-7-8-23-24(13-18)36-16-35-23)28(2,3)25(21)30-26(31-27)20-5-4-6-22-19(20)9-10-29-22/h4-10,13,17,29H,11-12,14-16H2,1-3H3. The molecule has 5 heterocycles. The maximum atomic E-state index is 5.76. The van der Waals surface area contributed by atoms with Gasteiger partial charge in [-0.15, -0.1) is 0 Å². The average Bonchev–Trinajstić information content (AvgIpc) is 3.61. The predicted octanol–water partition coefficient (Wildman–Crippen LogP) is 4.83. The molecule has 3 aliphatic heterocycles. The number of aromatic nitrogens is 3. The van der Waals surface area contributed by atoms with Gasteiger partial charge >= 0.3 is 0 Å². The smallest absolute Gasteiger partial charge is 0.231 e. The van der Waals surface area contributed by atoms with Crippen LogP contribution in [0.2, 0.25) is 0 Å². The van der Waals surface area contributed by atoms with Gasteiger partial charge in [0.25, 0.3) is 0 Å². The summed E-state index contributed by atoms with van der Waals surface area (Å²) in [4.78, 5) is 18.6. The van der Waals surface area contributed by atoms with Crippen LogP contribution in [0.4, 0.5) is 11.5 Å². The van der Waals surface area contributed by atoms with Crippen molar-refractivity contribution in [3.05, 3.63) is 59.9 Å². The van der Waals surface area contributed by atoms with Crippen LogP contribution in [0.3, 0.4) is 0 Å². The van der Waals surface area contributed by atoms with E-state index in [1.807, 2.05) is 12.3 Å². The summed E-state index contributed by atoms with van der Waals surface area (Å²) in [5.41, 5.74) is 5.09. The highest BCUT2D eigenvalue weighted by atomic mass is 16.7. The summed E-state index contributed by atoms with van der Waals surface area (Å²) >= 11 is 0. The van der Waals surface area contributed by atoms with E-state index in [9.17, 15) is 0 Å². The summed E-state index contributed by atoms with van der Waals surface area (Å²) in [5, 5.41) is 1.13. The molecule has 1 unspecified atom stereocenters. The first kappa shape index (κ1) is 21.5. The normalized spacial score (nSPS) is 20.2. The lowest BCUT2D eigenvalue weighted by Gasteiger charge is -2.35. The molecule has 4 aromatic rings. The monoisotopic (exact) mass is 483 g/mol. The van der Waals surface area contributed by atoms with E-state index < -0.39 is 0 Å². The molecule has 1 saturated heterocycles. The maximum Gasteiger partial charge on any atom is 0.231 e. The minimum atomic E-state index is -0.350. The number of H-pyrrole nitrogens is 1. The third-order valence-corrected chi connectivity index (χ3v) is 7.70. The highest BCUT2D eigenvalue weighted by Crippen LogP contribution is 2.47. The molecule has 0 bridgehead atoms. The second-order valence-electron chi connectivity index (χ2n) is 10.2. The summed E-state index contributed by atoms with van der Waals surface area (Å²) in [7, 11) is 0. The molecule has 8 nitrogen and oxygen atoms in total. The van der Waals surface area contributed by atoms with E-state index in [1.165, 1.54) is 5.56 Å². The molecule has 0 amide bonds. The lowest BCUT2D eigenvalue weighted by atomic mass is 9.98. The fraction of sp³-hybridized carbons (Fsp3) is 0.357. The molecule has 0 spiro atoms. The van der Waals surface area contributed by atoms with Crippen molar-refractivity contribution in [1.29, 1.82) is 0 Å². The van der Waals surface area contributed by atoms with Crippen LogP contribution in [0.15, 0.2) is 48.7 Å². The number of aromatic amines is 1. The summed E-state index contributed by atoms with van der Waals surface area (Å²) in [6, 6.07) is 14.8. The third kappa shape index (κ3) is 3.17. The summed E-state index contributed by atoms with van der Waals surface area (Å²) < 4.78 is 17.0. The topological polar surface area (TPSA) is 75.7 Å². The van der Waals surface area contributed by atoms with Crippen molar-refractivity contribution in [3.63, 3.8) is 0 Å². The van der Waals surface area contributed by atoms with Crippen LogP contribution >= 0.6 is 0 Å². The Hall–Kier alpha value is -3.78. The van der Waals surface area contributed by atoms with E-state index in [2.05, 4.69) is 72.0 Å². The number of anilines is 2. The molecular formula is C28H29N5O3. The lowest BCUT2D eigenvalue weighted by molar-refractivity contribution is 0.0984. The van der Waals surface area contributed by atoms with Crippen molar-refractivity contribution >= 4 is 22.4 Å². The van der Waals surface area contributed by atoms with Gasteiger partial charge in [-0.2, -0.15) is 0 Å². The molecule has 1 fully saturated rings. The van der Waals surface area contributed by atoms with Gasteiger partial charge in [0.05, 0.1) is 30.5 Å². The number of fused-ring (bicyclic) bond motifs is 3. The first-order chi connectivity index (χ1) is 17.5. The van der Waals surface area contributed by atoms with Gasteiger partial charge in [-0.25, -0.2) is 9.97 Å². The number of hydrogen-bond donors (Lipinski definition) is 1. The van der Waals surface area contributed by atoms with Gasteiger partial charge in [-0.05, 0) is 45.0 Å². The van der Waals surface area contributed by atoms with Crippen molar-refractivity contribution in [3.8, 4) is 22.9 Å². The number of morpholine rings is 1. The van der Waals surface area contributed by atoms with Crippen molar-refractivity contribution in [1.82, 2.24) is 15.0 Å². The molecule has 1 atom stereocenters. The summed E-state index contributed by atoms with van der Waals surface area (Å²) in [6.07, 6.45) is 1.97. The Labute approximate surface area is 209 Å². The Morgan fingerprint density at radius 1 is 1.06 bits per heavy atom. The Morgan fingerprint density at radius 3 is 2.83 bits per heavy atom. The number of ether oxygens (including phenoxy) is 3. The molecule has 7 rings (SSSR count). The number of nitrogens with zero attached hydrogens (tertiary/aromatic N) is 4. The van der Waals surface area contributed by atoms with Crippen LogP contribution in [-0.2, 0) is 16.8 Å². The van der Waals surface area contributed by atoms with E-state index in [4.69, 9.17) is 24.2 Å². The molecule has 184 valence electrons. The second kappa shape index (κ2) is 7.86. The minimum absolute atomic E-state index is 0.233. The molecule has 2 aromatic carbocycles. The number of rotatable bonds is 3. The molecule has 0 radical (unpaired) electrons. The highest BCUT2D eigenvalue weighted by molar-refractivity contribution is 5.93. The predicted molar refractivity (Wildman–Crippen MR) is 139 cm³/mol. The SMILES string of the molecule is CC1COCCN1c1nc(-c2cccc3[nH]ccc23)nc2c1CN(c1ccc3c(c1)OCO3)C2(C)C. The van der Waals surface area contributed by atoms with Crippen LogP contribution < -0.4 is 19.3 Å². The van der Waals surface area contributed by atoms with Crippen LogP contribution in [-0.4, -0.2) is 47.5 Å². The van der Waals surface area contributed by atoms with Crippen molar-refractivity contribution < 1.29 is 14.2 Å². The van der Waals surface area contributed by atoms with Crippen LogP contribution in [0, 0.1) is 0 Å². The fourth-order valence-corrected chi connectivity index (χ4v) is 5.75. The van der Waals surface area contributed by atoms with E-state index in [0.29, 0.717) is 13.2 Å². The Morgan fingerprint density at radius 2 is 1.94 bits per heavy atom. The quantitative estimate of drug-likeness (QED) is 0.447. The molecule has 8 heteroatoms.